The summed E-state index contributed by atoms with van der Waals surface area (Å²) in [7, 11) is 0. The minimum Gasteiger partial charge on any atom is -0.288 e. The maximum absolute atomic E-state index is 12.9. The first-order valence-electron chi connectivity index (χ1n) is 7.47. The molecule has 0 aliphatic heterocycles. The Bertz CT molecular complexity index is 806. The summed E-state index contributed by atoms with van der Waals surface area (Å²) in [4.78, 5) is 12.9. The van der Waals surface area contributed by atoms with E-state index in [1.54, 1.807) is 4.52 Å². The first kappa shape index (κ1) is 15.0. The second kappa shape index (κ2) is 6.44. The number of aryl methyl sites for hydroxylation is 1. The van der Waals surface area contributed by atoms with Crippen LogP contribution >= 0.6 is 15.9 Å². The monoisotopic (exact) mass is 356 g/mol. The Morgan fingerprint density at radius 3 is 2.68 bits per heavy atom. The van der Waals surface area contributed by atoms with Crippen LogP contribution in [0.3, 0.4) is 0 Å². The molecule has 3 nitrogen and oxygen atoms in total. The Kier molecular flexibility index (Phi) is 4.39. The lowest BCUT2D eigenvalue weighted by atomic mass is 10.00. The second-order valence-electron chi connectivity index (χ2n) is 5.29. The molecule has 22 heavy (non-hydrogen) atoms. The number of nitrogens with zero attached hydrogens (tertiary/aromatic N) is 2. The van der Waals surface area contributed by atoms with Gasteiger partial charge in [-0.2, -0.15) is 5.10 Å². The topological polar surface area (TPSA) is 34.4 Å². The van der Waals surface area contributed by atoms with Crippen molar-refractivity contribution in [1.29, 1.82) is 0 Å². The van der Waals surface area contributed by atoms with E-state index in [0.29, 0.717) is 5.56 Å². The fraction of sp³-hybridized carbons (Fsp3) is 0.222. The Hall–Kier alpha value is -1.94. The van der Waals surface area contributed by atoms with Crippen LogP contribution in [0.2, 0.25) is 0 Å². The molecule has 0 saturated carbocycles. The molecule has 0 aliphatic carbocycles. The number of hydrogen-bond donors (Lipinski definition) is 0. The average molecular weight is 357 g/mol. The van der Waals surface area contributed by atoms with Gasteiger partial charge in [0, 0.05) is 16.2 Å². The van der Waals surface area contributed by atoms with E-state index in [1.807, 2.05) is 48.7 Å². The van der Waals surface area contributed by atoms with E-state index in [1.165, 1.54) is 0 Å². The molecule has 0 saturated heterocycles. The Morgan fingerprint density at radius 1 is 1.18 bits per heavy atom. The molecule has 0 bridgehead atoms. The number of rotatable bonds is 5. The van der Waals surface area contributed by atoms with Gasteiger partial charge in [-0.05, 0) is 49.2 Å². The van der Waals surface area contributed by atoms with Crippen molar-refractivity contribution >= 4 is 27.2 Å². The highest BCUT2D eigenvalue weighted by Crippen LogP contribution is 2.22. The molecule has 3 rings (SSSR count). The smallest absolute Gasteiger partial charge is 0.197 e. The molecular formula is C18H17BrN2O. The highest BCUT2D eigenvalue weighted by Gasteiger charge is 2.20. The van der Waals surface area contributed by atoms with Crippen LogP contribution in [-0.2, 0) is 6.42 Å². The minimum atomic E-state index is 0.0415. The van der Waals surface area contributed by atoms with Gasteiger partial charge in [0.25, 0.3) is 0 Å². The number of ketones is 1. The molecule has 0 atom stereocenters. The molecule has 0 amide bonds. The summed E-state index contributed by atoms with van der Waals surface area (Å²) in [6.07, 6.45) is 4.84. The van der Waals surface area contributed by atoms with Crippen molar-refractivity contribution in [3.05, 3.63) is 70.0 Å². The fourth-order valence-electron chi connectivity index (χ4n) is 2.56. The predicted octanol–water partition coefficient (Wildman–Crippen LogP) is 4.67. The number of fused-ring (bicyclic) bond motifs is 1. The van der Waals surface area contributed by atoms with Crippen LogP contribution in [0.25, 0.3) is 5.52 Å². The number of unbranched alkanes of at least 4 members (excludes halogenated alkanes) is 1. The molecule has 1 aromatic carbocycles. The van der Waals surface area contributed by atoms with Gasteiger partial charge in [0.2, 0.25) is 0 Å². The molecule has 0 spiro atoms. The molecule has 2 aromatic heterocycles. The summed E-state index contributed by atoms with van der Waals surface area (Å²) >= 11 is 3.40. The number of carbonyl (C=O) groups excluding carboxylic acids is 1. The predicted molar refractivity (Wildman–Crippen MR) is 91.4 cm³/mol. The number of halogens is 1. The van der Waals surface area contributed by atoms with Crippen molar-refractivity contribution in [1.82, 2.24) is 9.61 Å². The van der Waals surface area contributed by atoms with Crippen molar-refractivity contribution in [3.8, 4) is 0 Å². The lowest BCUT2D eigenvalue weighted by Crippen LogP contribution is -2.04. The zero-order valence-electron chi connectivity index (χ0n) is 12.4. The highest BCUT2D eigenvalue weighted by atomic mass is 79.9. The van der Waals surface area contributed by atoms with Gasteiger partial charge >= 0.3 is 0 Å². The molecule has 0 unspecified atom stereocenters. The van der Waals surface area contributed by atoms with Crippen LogP contribution < -0.4 is 0 Å². The van der Waals surface area contributed by atoms with E-state index < -0.39 is 0 Å². The van der Waals surface area contributed by atoms with E-state index in [2.05, 4.69) is 28.0 Å². The largest absolute Gasteiger partial charge is 0.288 e. The standard InChI is InChI=1S/C18H17BrN2O/c1-2-3-6-15-17(16-7-4-5-12-21(16)20-15)18(22)13-8-10-14(19)11-9-13/h4-5,7-12H,2-3,6H2,1H3. The first-order chi connectivity index (χ1) is 10.7. The summed E-state index contributed by atoms with van der Waals surface area (Å²) < 4.78 is 2.77. The van der Waals surface area contributed by atoms with Gasteiger partial charge < -0.3 is 0 Å². The molecule has 112 valence electrons. The van der Waals surface area contributed by atoms with Crippen molar-refractivity contribution in [2.24, 2.45) is 0 Å². The molecule has 0 N–H and O–H groups in total. The third kappa shape index (κ3) is 2.83. The molecular weight excluding hydrogens is 340 g/mol. The Labute approximate surface area is 138 Å². The normalized spacial score (nSPS) is 11.0. The fourth-order valence-corrected chi connectivity index (χ4v) is 2.82. The number of pyridine rings is 1. The Morgan fingerprint density at radius 2 is 1.95 bits per heavy atom. The number of benzene rings is 1. The van der Waals surface area contributed by atoms with Crippen LogP contribution in [0.1, 0.15) is 41.4 Å². The number of carbonyl (C=O) groups is 1. The van der Waals surface area contributed by atoms with E-state index in [4.69, 9.17) is 0 Å². The molecule has 4 heteroatoms. The maximum atomic E-state index is 12.9. The zero-order chi connectivity index (χ0) is 15.5. The van der Waals surface area contributed by atoms with Crippen LogP contribution in [0.4, 0.5) is 0 Å². The third-order valence-corrected chi connectivity index (χ3v) is 4.24. The van der Waals surface area contributed by atoms with Crippen LogP contribution in [0.15, 0.2) is 53.1 Å². The molecule has 3 aromatic rings. The quantitative estimate of drug-likeness (QED) is 0.622. The van der Waals surface area contributed by atoms with Gasteiger partial charge in [-0.3, -0.25) is 4.79 Å². The van der Waals surface area contributed by atoms with Gasteiger partial charge in [-0.15, -0.1) is 0 Å². The summed E-state index contributed by atoms with van der Waals surface area (Å²) in [6.45, 7) is 2.14. The SMILES string of the molecule is CCCCc1nn2ccccc2c1C(=O)c1ccc(Br)cc1. The van der Waals surface area contributed by atoms with Gasteiger partial charge in [0.1, 0.15) is 0 Å². The number of aromatic nitrogens is 2. The van der Waals surface area contributed by atoms with E-state index in [9.17, 15) is 4.79 Å². The first-order valence-corrected chi connectivity index (χ1v) is 8.26. The molecule has 0 aliphatic rings. The van der Waals surface area contributed by atoms with E-state index >= 15 is 0 Å². The second-order valence-corrected chi connectivity index (χ2v) is 6.21. The molecule has 0 radical (unpaired) electrons. The summed E-state index contributed by atoms with van der Waals surface area (Å²) in [6, 6.07) is 13.3. The minimum absolute atomic E-state index is 0.0415. The van der Waals surface area contributed by atoms with Gasteiger partial charge in [-0.1, -0.05) is 35.3 Å². The van der Waals surface area contributed by atoms with Crippen LogP contribution in [0.5, 0.6) is 0 Å². The lowest BCUT2D eigenvalue weighted by Gasteiger charge is -2.03. The van der Waals surface area contributed by atoms with Crippen molar-refractivity contribution < 1.29 is 4.79 Å². The lowest BCUT2D eigenvalue weighted by molar-refractivity contribution is 0.103. The van der Waals surface area contributed by atoms with Gasteiger partial charge in [0.05, 0.1) is 16.8 Å². The average Bonchev–Trinajstić information content (AvgIpc) is 2.91. The van der Waals surface area contributed by atoms with Crippen molar-refractivity contribution in [3.63, 3.8) is 0 Å². The maximum Gasteiger partial charge on any atom is 0.197 e. The van der Waals surface area contributed by atoms with Gasteiger partial charge in [-0.25, -0.2) is 4.52 Å². The summed E-state index contributed by atoms with van der Waals surface area (Å²) in [5, 5.41) is 4.60. The van der Waals surface area contributed by atoms with E-state index in [0.717, 1.165) is 40.5 Å². The van der Waals surface area contributed by atoms with Gasteiger partial charge in [0.15, 0.2) is 5.78 Å². The van der Waals surface area contributed by atoms with Crippen LogP contribution in [-0.4, -0.2) is 15.4 Å². The summed E-state index contributed by atoms with van der Waals surface area (Å²) in [5.74, 6) is 0.0415. The molecule has 0 fully saturated rings. The highest BCUT2D eigenvalue weighted by molar-refractivity contribution is 9.10. The number of hydrogen-bond acceptors (Lipinski definition) is 2. The van der Waals surface area contributed by atoms with Crippen molar-refractivity contribution in [2.45, 2.75) is 26.2 Å². The molecule has 2 heterocycles. The van der Waals surface area contributed by atoms with Crippen molar-refractivity contribution in [2.75, 3.05) is 0 Å². The zero-order valence-corrected chi connectivity index (χ0v) is 14.0. The van der Waals surface area contributed by atoms with E-state index in [-0.39, 0.29) is 5.78 Å². The van der Waals surface area contributed by atoms with Crippen LogP contribution in [0, 0.1) is 0 Å². The third-order valence-electron chi connectivity index (χ3n) is 3.71. The summed E-state index contributed by atoms with van der Waals surface area (Å²) in [5.41, 5.74) is 3.19. The Balaban J connectivity index is 2.10.